The van der Waals surface area contributed by atoms with Crippen molar-refractivity contribution < 1.29 is 4.74 Å². The van der Waals surface area contributed by atoms with Crippen molar-refractivity contribution in [3.63, 3.8) is 0 Å². The van der Waals surface area contributed by atoms with Crippen LogP contribution in [0.3, 0.4) is 0 Å². The highest BCUT2D eigenvalue weighted by atomic mass is 16.5. The first-order valence-corrected chi connectivity index (χ1v) is 5.29. The van der Waals surface area contributed by atoms with Crippen molar-refractivity contribution >= 4 is 11.5 Å². The summed E-state index contributed by atoms with van der Waals surface area (Å²) < 4.78 is 5.21. The van der Waals surface area contributed by atoms with Crippen LogP contribution in [0.5, 0.6) is 0 Å². The molecule has 1 aliphatic rings. The lowest BCUT2D eigenvalue weighted by atomic mass is 10.2. The van der Waals surface area contributed by atoms with E-state index in [-0.39, 0.29) is 0 Å². The molecule has 0 spiro atoms. The van der Waals surface area contributed by atoms with E-state index in [9.17, 15) is 0 Å². The smallest absolute Gasteiger partial charge is 0.152 e. The summed E-state index contributed by atoms with van der Waals surface area (Å²) >= 11 is 0. The van der Waals surface area contributed by atoms with Gasteiger partial charge < -0.3 is 15.4 Å². The van der Waals surface area contributed by atoms with E-state index < -0.39 is 0 Å². The molecule has 1 saturated heterocycles. The molecule has 4 nitrogen and oxygen atoms in total. The number of pyridine rings is 1. The molecule has 1 aliphatic heterocycles. The Morgan fingerprint density at radius 2 is 2.53 bits per heavy atom. The lowest BCUT2D eigenvalue weighted by Gasteiger charge is -2.26. The van der Waals surface area contributed by atoms with E-state index in [1.165, 1.54) is 6.42 Å². The van der Waals surface area contributed by atoms with Gasteiger partial charge in [-0.1, -0.05) is 0 Å². The predicted molar refractivity (Wildman–Crippen MR) is 60.9 cm³/mol. The number of ether oxygens (including phenoxy) is 1. The molecule has 0 aromatic carbocycles. The third kappa shape index (κ3) is 2.04. The molecule has 0 radical (unpaired) electrons. The maximum atomic E-state index is 5.91. The van der Waals surface area contributed by atoms with Gasteiger partial charge in [0, 0.05) is 19.9 Å². The van der Waals surface area contributed by atoms with Crippen molar-refractivity contribution in [1.29, 1.82) is 0 Å². The van der Waals surface area contributed by atoms with Crippen molar-refractivity contribution in [2.75, 3.05) is 30.9 Å². The van der Waals surface area contributed by atoms with E-state index >= 15 is 0 Å². The van der Waals surface area contributed by atoms with Crippen molar-refractivity contribution in [1.82, 2.24) is 4.98 Å². The Hall–Kier alpha value is -1.29. The normalized spacial score (nSPS) is 20.9. The molecular formula is C11H17N3O. The van der Waals surface area contributed by atoms with Crippen molar-refractivity contribution in [3.05, 3.63) is 18.3 Å². The van der Waals surface area contributed by atoms with Crippen LogP contribution in [0.1, 0.15) is 12.8 Å². The Morgan fingerprint density at radius 3 is 3.27 bits per heavy atom. The van der Waals surface area contributed by atoms with E-state index in [0.717, 1.165) is 31.1 Å². The number of anilines is 2. The summed E-state index contributed by atoms with van der Waals surface area (Å²) in [4.78, 5) is 6.59. The molecule has 0 amide bonds. The number of aromatic nitrogens is 1. The van der Waals surface area contributed by atoms with Crippen LogP contribution in [-0.2, 0) is 4.74 Å². The number of methoxy groups -OCH3 is 1. The topological polar surface area (TPSA) is 51.4 Å². The number of hydrogen-bond donors (Lipinski definition) is 1. The number of rotatable bonds is 3. The van der Waals surface area contributed by atoms with Gasteiger partial charge in [0.1, 0.15) is 0 Å². The molecule has 1 aromatic heterocycles. The maximum absolute atomic E-state index is 5.91. The van der Waals surface area contributed by atoms with Crippen LogP contribution in [0.25, 0.3) is 0 Å². The molecule has 0 saturated carbocycles. The number of nitrogens with two attached hydrogens (primary N) is 1. The van der Waals surface area contributed by atoms with Crippen molar-refractivity contribution in [2.45, 2.75) is 18.9 Å². The van der Waals surface area contributed by atoms with Crippen LogP contribution in [0, 0.1) is 0 Å². The molecule has 1 unspecified atom stereocenters. The van der Waals surface area contributed by atoms with Crippen LogP contribution in [0.4, 0.5) is 11.5 Å². The highest BCUT2D eigenvalue weighted by Crippen LogP contribution is 2.27. The molecule has 1 aromatic rings. The Labute approximate surface area is 90.0 Å². The first-order valence-electron chi connectivity index (χ1n) is 5.29. The second-order valence-corrected chi connectivity index (χ2v) is 3.86. The zero-order valence-corrected chi connectivity index (χ0v) is 9.02. The number of nitrogen functional groups attached to an aromatic ring is 1. The molecule has 2 heterocycles. The highest BCUT2D eigenvalue weighted by molar-refractivity contribution is 5.63. The van der Waals surface area contributed by atoms with Gasteiger partial charge in [-0.2, -0.15) is 0 Å². The van der Waals surface area contributed by atoms with E-state index in [0.29, 0.717) is 6.04 Å². The lowest BCUT2D eigenvalue weighted by Crippen LogP contribution is -2.33. The fourth-order valence-corrected chi connectivity index (χ4v) is 2.13. The Morgan fingerprint density at radius 1 is 1.67 bits per heavy atom. The SMILES string of the molecule is COCC1CCCN1c1ncccc1N. The molecule has 2 N–H and O–H groups in total. The van der Waals surface area contributed by atoms with Gasteiger partial charge in [-0.25, -0.2) is 4.98 Å². The van der Waals surface area contributed by atoms with Crippen molar-refractivity contribution in [3.8, 4) is 0 Å². The summed E-state index contributed by atoms with van der Waals surface area (Å²) in [6.45, 7) is 1.77. The van der Waals surface area contributed by atoms with Gasteiger partial charge in [0.25, 0.3) is 0 Å². The summed E-state index contributed by atoms with van der Waals surface area (Å²) in [5.41, 5.74) is 6.66. The Kier molecular flexibility index (Phi) is 3.06. The Balaban J connectivity index is 2.19. The number of hydrogen-bond acceptors (Lipinski definition) is 4. The van der Waals surface area contributed by atoms with Gasteiger partial charge in [0.2, 0.25) is 0 Å². The van der Waals surface area contributed by atoms with Crippen LogP contribution in [0.15, 0.2) is 18.3 Å². The van der Waals surface area contributed by atoms with E-state index in [1.807, 2.05) is 12.1 Å². The van der Waals surface area contributed by atoms with Crippen LogP contribution >= 0.6 is 0 Å². The quantitative estimate of drug-likeness (QED) is 0.811. The van der Waals surface area contributed by atoms with Gasteiger partial charge in [-0.05, 0) is 25.0 Å². The van der Waals surface area contributed by atoms with E-state index in [2.05, 4.69) is 9.88 Å². The molecule has 0 aliphatic carbocycles. The summed E-state index contributed by atoms with van der Waals surface area (Å²) in [7, 11) is 1.73. The average Bonchev–Trinajstić information content (AvgIpc) is 2.67. The number of nitrogens with zero attached hydrogens (tertiary/aromatic N) is 2. The average molecular weight is 207 g/mol. The zero-order chi connectivity index (χ0) is 10.7. The second kappa shape index (κ2) is 4.49. The molecule has 1 fully saturated rings. The summed E-state index contributed by atoms with van der Waals surface area (Å²) in [6.07, 6.45) is 4.13. The third-order valence-corrected chi connectivity index (χ3v) is 2.83. The fraction of sp³-hybridized carbons (Fsp3) is 0.545. The molecule has 2 rings (SSSR count). The second-order valence-electron chi connectivity index (χ2n) is 3.86. The van der Waals surface area contributed by atoms with Crippen molar-refractivity contribution in [2.24, 2.45) is 0 Å². The molecule has 4 heteroatoms. The van der Waals surface area contributed by atoms with Gasteiger partial charge >= 0.3 is 0 Å². The lowest BCUT2D eigenvalue weighted by molar-refractivity contribution is 0.180. The predicted octanol–water partition coefficient (Wildman–Crippen LogP) is 1.28. The zero-order valence-electron chi connectivity index (χ0n) is 9.02. The fourth-order valence-electron chi connectivity index (χ4n) is 2.13. The van der Waals surface area contributed by atoms with Gasteiger partial charge in [0.05, 0.1) is 18.3 Å². The maximum Gasteiger partial charge on any atom is 0.152 e. The minimum Gasteiger partial charge on any atom is -0.396 e. The minimum atomic E-state index is 0.423. The standard InChI is InChI=1S/C11H17N3O/c1-15-8-9-4-3-7-14(9)11-10(12)5-2-6-13-11/h2,5-6,9H,3-4,7-8,12H2,1H3. The Bertz CT molecular complexity index is 329. The van der Waals surface area contributed by atoms with Gasteiger partial charge in [-0.3, -0.25) is 0 Å². The molecular weight excluding hydrogens is 190 g/mol. The first-order chi connectivity index (χ1) is 7.33. The minimum absolute atomic E-state index is 0.423. The first kappa shape index (κ1) is 10.2. The summed E-state index contributed by atoms with van der Waals surface area (Å²) in [6, 6.07) is 4.18. The molecule has 15 heavy (non-hydrogen) atoms. The van der Waals surface area contributed by atoms with E-state index in [1.54, 1.807) is 13.3 Å². The van der Waals surface area contributed by atoms with Crippen LogP contribution in [-0.4, -0.2) is 31.3 Å². The third-order valence-electron chi connectivity index (χ3n) is 2.83. The monoisotopic (exact) mass is 207 g/mol. The van der Waals surface area contributed by atoms with Gasteiger partial charge in [0.15, 0.2) is 5.82 Å². The molecule has 1 atom stereocenters. The van der Waals surface area contributed by atoms with Gasteiger partial charge in [-0.15, -0.1) is 0 Å². The van der Waals surface area contributed by atoms with Crippen LogP contribution in [0.2, 0.25) is 0 Å². The summed E-state index contributed by atoms with van der Waals surface area (Å²) in [5, 5.41) is 0. The van der Waals surface area contributed by atoms with Crippen LogP contribution < -0.4 is 10.6 Å². The molecule has 82 valence electrons. The largest absolute Gasteiger partial charge is 0.396 e. The highest BCUT2D eigenvalue weighted by Gasteiger charge is 2.26. The molecule has 0 bridgehead atoms. The van der Waals surface area contributed by atoms with E-state index in [4.69, 9.17) is 10.5 Å². The summed E-state index contributed by atoms with van der Waals surface area (Å²) in [5.74, 6) is 0.900.